The predicted octanol–water partition coefficient (Wildman–Crippen LogP) is 4.55. The van der Waals surface area contributed by atoms with Crippen LogP contribution in [0, 0.1) is 13.8 Å². The molecule has 2 aromatic heterocycles. The molecule has 5 heteroatoms. The van der Waals surface area contributed by atoms with Crippen LogP contribution < -0.4 is 5.32 Å². The molecule has 24 heavy (non-hydrogen) atoms. The average molecular weight is 341 g/mol. The minimum Gasteiger partial charge on any atom is -0.396 e. The zero-order chi connectivity index (χ0) is 16.9. The number of benzene rings is 1. The summed E-state index contributed by atoms with van der Waals surface area (Å²) in [5.41, 5.74) is 3.64. The molecule has 3 aromatic rings. The summed E-state index contributed by atoms with van der Waals surface area (Å²) in [5.74, 6) is 1.70. The molecule has 2 N–H and O–H groups in total. The van der Waals surface area contributed by atoms with Crippen LogP contribution in [-0.4, -0.2) is 28.2 Å². The quantitative estimate of drug-likeness (QED) is 0.619. The Morgan fingerprint density at radius 3 is 2.58 bits per heavy atom. The van der Waals surface area contributed by atoms with Gasteiger partial charge in [0.25, 0.3) is 0 Å². The SMILES string of the molecule is Cc1ccc(-c2csc3nc(C)nc(NCCCCCO)c23)cc1. The fourth-order valence-corrected chi connectivity index (χ4v) is 3.74. The maximum absolute atomic E-state index is 8.87. The van der Waals surface area contributed by atoms with E-state index >= 15 is 0 Å². The van der Waals surface area contributed by atoms with Crippen molar-refractivity contribution in [2.24, 2.45) is 0 Å². The van der Waals surface area contributed by atoms with Crippen LogP contribution in [0.1, 0.15) is 30.7 Å². The van der Waals surface area contributed by atoms with Gasteiger partial charge in [0.1, 0.15) is 16.5 Å². The minimum atomic E-state index is 0.263. The highest BCUT2D eigenvalue weighted by atomic mass is 32.1. The number of fused-ring (bicyclic) bond motifs is 1. The third-order valence-corrected chi connectivity index (χ3v) is 4.91. The van der Waals surface area contributed by atoms with Crippen molar-refractivity contribution >= 4 is 27.4 Å². The van der Waals surface area contributed by atoms with Crippen molar-refractivity contribution in [3.63, 3.8) is 0 Å². The highest BCUT2D eigenvalue weighted by Gasteiger charge is 2.14. The summed E-state index contributed by atoms with van der Waals surface area (Å²) in [5, 5.41) is 15.6. The summed E-state index contributed by atoms with van der Waals surface area (Å²) in [4.78, 5) is 10.2. The number of aromatic nitrogens is 2. The summed E-state index contributed by atoms with van der Waals surface area (Å²) in [6.45, 7) is 5.15. The number of hydrogen-bond donors (Lipinski definition) is 2. The highest BCUT2D eigenvalue weighted by molar-refractivity contribution is 7.17. The van der Waals surface area contributed by atoms with Crippen LogP contribution in [0.15, 0.2) is 29.6 Å². The van der Waals surface area contributed by atoms with Crippen LogP contribution in [0.25, 0.3) is 21.3 Å². The smallest absolute Gasteiger partial charge is 0.139 e. The molecule has 0 saturated heterocycles. The van der Waals surface area contributed by atoms with Crippen LogP contribution in [0.3, 0.4) is 0 Å². The number of aliphatic hydroxyl groups is 1. The van der Waals surface area contributed by atoms with Gasteiger partial charge in [0.05, 0.1) is 5.39 Å². The van der Waals surface area contributed by atoms with E-state index < -0.39 is 0 Å². The zero-order valence-electron chi connectivity index (χ0n) is 14.2. The Balaban J connectivity index is 1.92. The van der Waals surface area contributed by atoms with Crippen molar-refractivity contribution in [1.29, 1.82) is 0 Å². The molecule has 4 nitrogen and oxygen atoms in total. The molecule has 0 amide bonds. The molecular weight excluding hydrogens is 318 g/mol. The fraction of sp³-hybridized carbons (Fsp3) is 0.368. The second-order valence-electron chi connectivity index (χ2n) is 6.03. The first-order valence-electron chi connectivity index (χ1n) is 8.36. The summed E-state index contributed by atoms with van der Waals surface area (Å²) < 4.78 is 0. The Bertz CT molecular complexity index is 811. The van der Waals surface area contributed by atoms with E-state index in [1.54, 1.807) is 11.3 Å². The lowest BCUT2D eigenvalue weighted by atomic mass is 10.0. The molecular formula is C19H23N3OS. The third kappa shape index (κ3) is 3.74. The lowest BCUT2D eigenvalue weighted by molar-refractivity contribution is 0.283. The van der Waals surface area contributed by atoms with Crippen molar-refractivity contribution in [2.45, 2.75) is 33.1 Å². The summed E-state index contributed by atoms with van der Waals surface area (Å²) >= 11 is 1.66. The van der Waals surface area contributed by atoms with E-state index in [1.165, 1.54) is 16.7 Å². The van der Waals surface area contributed by atoms with Gasteiger partial charge in [-0.15, -0.1) is 11.3 Å². The van der Waals surface area contributed by atoms with Gasteiger partial charge in [-0.2, -0.15) is 0 Å². The van der Waals surface area contributed by atoms with E-state index in [2.05, 4.69) is 51.9 Å². The molecule has 0 spiro atoms. The summed E-state index contributed by atoms with van der Waals surface area (Å²) in [6, 6.07) is 8.58. The molecule has 0 saturated carbocycles. The lowest BCUT2D eigenvalue weighted by Gasteiger charge is -2.09. The van der Waals surface area contributed by atoms with Crippen molar-refractivity contribution in [2.75, 3.05) is 18.5 Å². The molecule has 0 fully saturated rings. The second kappa shape index (κ2) is 7.73. The maximum atomic E-state index is 8.87. The number of aliphatic hydroxyl groups excluding tert-OH is 1. The number of thiophene rings is 1. The molecule has 0 aliphatic rings. The van der Waals surface area contributed by atoms with Crippen molar-refractivity contribution in [3.8, 4) is 11.1 Å². The number of unbranched alkanes of at least 4 members (excludes halogenated alkanes) is 2. The van der Waals surface area contributed by atoms with Gasteiger partial charge in [-0.1, -0.05) is 29.8 Å². The minimum absolute atomic E-state index is 0.263. The van der Waals surface area contributed by atoms with E-state index in [-0.39, 0.29) is 6.61 Å². The third-order valence-electron chi connectivity index (χ3n) is 4.04. The Morgan fingerprint density at radius 2 is 1.83 bits per heavy atom. The number of nitrogens with one attached hydrogen (secondary N) is 1. The van der Waals surface area contributed by atoms with Crippen molar-refractivity contribution < 1.29 is 5.11 Å². The largest absolute Gasteiger partial charge is 0.396 e. The molecule has 3 rings (SSSR count). The van der Waals surface area contributed by atoms with Crippen LogP contribution in [-0.2, 0) is 0 Å². The number of anilines is 1. The fourth-order valence-electron chi connectivity index (χ4n) is 2.74. The maximum Gasteiger partial charge on any atom is 0.139 e. The normalized spacial score (nSPS) is 11.1. The number of nitrogens with zero attached hydrogens (tertiary/aromatic N) is 2. The molecule has 126 valence electrons. The molecule has 0 aliphatic heterocycles. The van der Waals surface area contributed by atoms with Crippen LogP contribution in [0.2, 0.25) is 0 Å². The van der Waals surface area contributed by atoms with E-state index in [0.29, 0.717) is 0 Å². The average Bonchev–Trinajstić information content (AvgIpc) is 2.99. The topological polar surface area (TPSA) is 58.0 Å². The second-order valence-corrected chi connectivity index (χ2v) is 6.88. The molecule has 1 aromatic carbocycles. The van der Waals surface area contributed by atoms with Gasteiger partial charge in [0.2, 0.25) is 0 Å². The Morgan fingerprint density at radius 1 is 1.04 bits per heavy atom. The Hall–Kier alpha value is -1.98. The van der Waals surface area contributed by atoms with Gasteiger partial charge >= 0.3 is 0 Å². The van der Waals surface area contributed by atoms with Gasteiger partial charge in [0.15, 0.2) is 0 Å². The molecule has 0 bridgehead atoms. The lowest BCUT2D eigenvalue weighted by Crippen LogP contribution is -2.05. The van der Waals surface area contributed by atoms with Crippen LogP contribution >= 0.6 is 11.3 Å². The van der Waals surface area contributed by atoms with Gasteiger partial charge in [-0.3, -0.25) is 0 Å². The molecule has 0 aliphatic carbocycles. The van der Waals surface area contributed by atoms with Gasteiger partial charge in [0, 0.05) is 24.1 Å². The monoisotopic (exact) mass is 341 g/mol. The van der Waals surface area contributed by atoms with E-state index in [9.17, 15) is 0 Å². The predicted molar refractivity (Wildman–Crippen MR) is 102 cm³/mol. The van der Waals surface area contributed by atoms with E-state index in [1.807, 2.05) is 6.92 Å². The first-order valence-corrected chi connectivity index (χ1v) is 9.24. The summed E-state index contributed by atoms with van der Waals surface area (Å²) in [6.07, 6.45) is 2.90. The van der Waals surface area contributed by atoms with Gasteiger partial charge in [-0.05, 0) is 38.7 Å². The van der Waals surface area contributed by atoms with Crippen molar-refractivity contribution in [1.82, 2.24) is 9.97 Å². The Labute approximate surface area is 146 Å². The molecule has 0 unspecified atom stereocenters. The standard InChI is InChI=1S/C19H23N3OS/c1-13-6-8-15(9-7-13)16-12-24-19-17(16)18(21-14(2)22-19)20-10-4-3-5-11-23/h6-9,12,23H,3-5,10-11H2,1-2H3,(H,20,21,22). The zero-order valence-corrected chi connectivity index (χ0v) is 15.0. The Kier molecular flexibility index (Phi) is 5.43. The van der Waals surface area contributed by atoms with Gasteiger partial charge in [-0.25, -0.2) is 9.97 Å². The highest BCUT2D eigenvalue weighted by Crippen LogP contribution is 2.37. The van der Waals surface area contributed by atoms with Crippen molar-refractivity contribution in [3.05, 3.63) is 41.0 Å². The first kappa shape index (κ1) is 16.9. The molecule has 2 heterocycles. The van der Waals surface area contributed by atoms with E-state index in [4.69, 9.17) is 5.11 Å². The van der Waals surface area contributed by atoms with E-state index in [0.717, 1.165) is 47.7 Å². The number of rotatable bonds is 7. The first-order chi connectivity index (χ1) is 11.7. The number of hydrogen-bond acceptors (Lipinski definition) is 5. The number of aryl methyl sites for hydroxylation is 2. The molecule has 0 radical (unpaired) electrons. The van der Waals surface area contributed by atoms with Crippen LogP contribution in [0.5, 0.6) is 0 Å². The van der Waals surface area contributed by atoms with Gasteiger partial charge < -0.3 is 10.4 Å². The summed E-state index contributed by atoms with van der Waals surface area (Å²) in [7, 11) is 0. The van der Waals surface area contributed by atoms with Crippen LogP contribution in [0.4, 0.5) is 5.82 Å². The molecule has 0 atom stereocenters.